The highest BCUT2D eigenvalue weighted by Gasteiger charge is 2.34. The van der Waals surface area contributed by atoms with Crippen molar-refractivity contribution in [3.8, 4) is 5.75 Å². The summed E-state index contributed by atoms with van der Waals surface area (Å²) < 4.78 is 57.6. The molecule has 11 nitrogen and oxygen atoms in total. The number of ether oxygens (including phenoxy) is 1. The number of carbonyl (C=O) groups excluding carboxylic acids is 1. The maximum atomic E-state index is 13.2. The van der Waals surface area contributed by atoms with Gasteiger partial charge in [0.05, 0.1) is 24.8 Å². The van der Waals surface area contributed by atoms with Crippen LogP contribution in [0.2, 0.25) is 0 Å². The molecule has 1 aliphatic rings. The number of halogens is 2. The van der Waals surface area contributed by atoms with Gasteiger partial charge in [0, 0.05) is 36.2 Å². The topological polar surface area (TPSA) is 159 Å². The number of rotatable bonds is 11. The van der Waals surface area contributed by atoms with E-state index in [0.717, 1.165) is 0 Å². The van der Waals surface area contributed by atoms with E-state index < -0.39 is 34.7 Å². The van der Waals surface area contributed by atoms with Crippen LogP contribution in [0, 0.1) is 5.92 Å². The molecule has 0 unspecified atom stereocenters. The van der Waals surface area contributed by atoms with Crippen molar-refractivity contribution >= 4 is 21.8 Å². The zero-order chi connectivity index (χ0) is 26.6. The molecule has 37 heavy (non-hydrogen) atoms. The summed E-state index contributed by atoms with van der Waals surface area (Å²) in [7, 11) is -4.11. The molecule has 1 saturated carbocycles. The Labute approximate surface area is 211 Å². The standard InChI is InChI=1S/C23H25F2N5O6S/c24-23(25)36-17-3-1-2-14(8-17)12-30-7-5-20(29-30)22(32)18-11-27-6-4-19(18)28-16-9-15(21(31)10-16)13-35-37(26,33)34/h1-8,11,15-16,21,23,31H,9-10,12-13H2,(H,27,28)(H2,26,33,34)/t15-,16-,21+/m1/s1. The molecule has 3 aromatic rings. The number of pyridine rings is 1. The fourth-order valence-electron chi connectivity index (χ4n) is 4.22. The van der Waals surface area contributed by atoms with Crippen molar-refractivity contribution in [1.82, 2.24) is 14.8 Å². The predicted octanol–water partition coefficient (Wildman–Crippen LogP) is 1.93. The zero-order valence-corrected chi connectivity index (χ0v) is 20.2. The maximum Gasteiger partial charge on any atom is 0.387 e. The highest BCUT2D eigenvalue weighted by Crippen LogP contribution is 2.30. The Morgan fingerprint density at radius 1 is 1.27 bits per heavy atom. The van der Waals surface area contributed by atoms with E-state index in [2.05, 4.69) is 24.3 Å². The van der Waals surface area contributed by atoms with E-state index >= 15 is 0 Å². The number of nitrogens with two attached hydrogens (primary N) is 1. The van der Waals surface area contributed by atoms with Gasteiger partial charge in [0.2, 0.25) is 5.78 Å². The summed E-state index contributed by atoms with van der Waals surface area (Å²) in [6.45, 7) is -2.94. The van der Waals surface area contributed by atoms with Crippen molar-refractivity contribution in [3.63, 3.8) is 0 Å². The number of hydrogen-bond donors (Lipinski definition) is 3. The second kappa shape index (κ2) is 11.3. The lowest BCUT2D eigenvalue weighted by atomic mass is 10.1. The van der Waals surface area contributed by atoms with Crippen LogP contribution in [0.3, 0.4) is 0 Å². The minimum absolute atomic E-state index is 0.0255. The quantitative estimate of drug-likeness (QED) is 0.311. The smallest absolute Gasteiger partial charge is 0.387 e. The zero-order valence-electron chi connectivity index (χ0n) is 19.4. The minimum Gasteiger partial charge on any atom is -0.435 e. The normalized spacial score (nSPS) is 19.8. The number of alkyl halides is 2. The lowest BCUT2D eigenvalue weighted by molar-refractivity contribution is -0.0498. The molecular formula is C23H25F2N5O6S. The molecular weight excluding hydrogens is 512 g/mol. The van der Waals surface area contributed by atoms with E-state index in [1.165, 1.54) is 29.2 Å². The second-order valence-electron chi connectivity index (χ2n) is 8.59. The lowest BCUT2D eigenvalue weighted by Crippen LogP contribution is -2.24. The van der Waals surface area contributed by atoms with Crippen molar-refractivity contribution in [2.75, 3.05) is 11.9 Å². The first kappa shape index (κ1) is 26.6. The molecule has 1 aliphatic carbocycles. The van der Waals surface area contributed by atoms with Crippen LogP contribution in [0.25, 0.3) is 0 Å². The SMILES string of the molecule is NS(=O)(=O)OC[C@H]1C[C@@H](Nc2ccncc2C(=O)c2ccn(Cc3cccc(OC(F)F)c3)n2)C[C@@H]1O. The third-order valence-electron chi connectivity index (χ3n) is 5.87. The average molecular weight is 538 g/mol. The number of ketones is 1. The van der Waals surface area contributed by atoms with Gasteiger partial charge in [-0.1, -0.05) is 12.1 Å². The van der Waals surface area contributed by atoms with Gasteiger partial charge in [-0.15, -0.1) is 0 Å². The van der Waals surface area contributed by atoms with Crippen molar-refractivity contribution in [2.45, 2.75) is 38.1 Å². The van der Waals surface area contributed by atoms with Gasteiger partial charge in [-0.3, -0.25) is 18.6 Å². The van der Waals surface area contributed by atoms with Crippen LogP contribution in [0.5, 0.6) is 5.75 Å². The van der Waals surface area contributed by atoms with Crippen LogP contribution in [0.1, 0.15) is 34.5 Å². The molecule has 0 amide bonds. The summed E-state index contributed by atoms with van der Waals surface area (Å²) in [6.07, 6.45) is 4.43. The summed E-state index contributed by atoms with van der Waals surface area (Å²) in [4.78, 5) is 17.3. The highest BCUT2D eigenvalue weighted by molar-refractivity contribution is 7.84. The second-order valence-corrected chi connectivity index (χ2v) is 9.81. The Morgan fingerprint density at radius 2 is 2.08 bits per heavy atom. The van der Waals surface area contributed by atoms with Crippen LogP contribution >= 0.6 is 0 Å². The first-order valence-corrected chi connectivity index (χ1v) is 12.7. The fraction of sp³-hybridized carbons (Fsp3) is 0.348. The molecule has 1 fully saturated rings. The third-order valence-corrected chi connectivity index (χ3v) is 6.34. The number of aliphatic hydroxyl groups is 1. The number of aliphatic hydroxyl groups excluding tert-OH is 1. The largest absolute Gasteiger partial charge is 0.435 e. The Kier molecular flexibility index (Phi) is 8.12. The van der Waals surface area contributed by atoms with Crippen molar-refractivity contribution < 1.29 is 36.0 Å². The summed E-state index contributed by atoms with van der Waals surface area (Å²) in [5.41, 5.74) is 1.56. The van der Waals surface area contributed by atoms with Gasteiger partial charge in [-0.05, 0) is 42.7 Å². The summed E-state index contributed by atoms with van der Waals surface area (Å²) in [5.74, 6) is -0.814. The molecule has 4 N–H and O–H groups in total. The molecule has 0 radical (unpaired) electrons. The molecule has 4 rings (SSSR count). The number of benzene rings is 1. The summed E-state index contributed by atoms with van der Waals surface area (Å²) in [5, 5.41) is 22.7. The third kappa shape index (κ3) is 7.29. The van der Waals surface area contributed by atoms with Gasteiger partial charge < -0.3 is 15.2 Å². The van der Waals surface area contributed by atoms with Gasteiger partial charge >= 0.3 is 16.9 Å². The molecule has 14 heteroatoms. The van der Waals surface area contributed by atoms with Gasteiger partial charge in [0.15, 0.2) is 0 Å². The number of nitrogens with one attached hydrogen (secondary N) is 1. The highest BCUT2D eigenvalue weighted by atomic mass is 32.2. The summed E-state index contributed by atoms with van der Waals surface area (Å²) in [6, 6.07) is 9.11. The maximum absolute atomic E-state index is 13.2. The van der Waals surface area contributed by atoms with E-state index in [0.29, 0.717) is 24.1 Å². The van der Waals surface area contributed by atoms with Gasteiger partial charge in [-0.2, -0.15) is 22.3 Å². The number of anilines is 1. The molecule has 0 bridgehead atoms. The molecule has 1 aromatic carbocycles. The molecule has 2 heterocycles. The average Bonchev–Trinajstić information content (AvgIpc) is 3.43. The Hall–Kier alpha value is -3.46. The lowest BCUT2D eigenvalue weighted by Gasteiger charge is -2.16. The number of nitrogens with zero attached hydrogens (tertiary/aromatic N) is 3. The van der Waals surface area contributed by atoms with E-state index in [1.54, 1.807) is 30.5 Å². The predicted molar refractivity (Wildman–Crippen MR) is 127 cm³/mol. The van der Waals surface area contributed by atoms with Gasteiger partial charge in [0.1, 0.15) is 11.4 Å². The number of aromatic nitrogens is 3. The van der Waals surface area contributed by atoms with Gasteiger partial charge in [-0.25, -0.2) is 5.14 Å². The molecule has 3 atom stereocenters. The first-order chi connectivity index (χ1) is 17.6. The van der Waals surface area contributed by atoms with E-state index in [-0.39, 0.29) is 36.2 Å². The first-order valence-electron chi connectivity index (χ1n) is 11.2. The Balaban J connectivity index is 1.43. The fourth-order valence-corrected chi connectivity index (χ4v) is 4.58. The van der Waals surface area contributed by atoms with E-state index in [4.69, 9.17) is 5.14 Å². The minimum atomic E-state index is -4.11. The van der Waals surface area contributed by atoms with Crippen LogP contribution in [-0.2, 0) is 21.0 Å². The Morgan fingerprint density at radius 3 is 2.84 bits per heavy atom. The Bertz CT molecular complexity index is 1350. The van der Waals surface area contributed by atoms with Crippen LogP contribution in [0.15, 0.2) is 55.0 Å². The van der Waals surface area contributed by atoms with E-state index in [1.807, 2.05) is 0 Å². The summed E-state index contributed by atoms with van der Waals surface area (Å²) >= 11 is 0. The van der Waals surface area contributed by atoms with Gasteiger partial charge in [0.25, 0.3) is 0 Å². The molecule has 0 saturated heterocycles. The van der Waals surface area contributed by atoms with Crippen LogP contribution in [-0.4, -0.2) is 59.4 Å². The van der Waals surface area contributed by atoms with Crippen molar-refractivity contribution in [2.24, 2.45) is 11.1 Å². The molecule has 0 aliphatic heterocycles. The molecule has 0 spiro atoms. The molecule has 2 aromatic heterocycles. The van der Waals surface area contributed by atoms with Crippen molar-refractivity contribution in [3.05, 3.63) is 71.8 Å². The number of hydrogen-bond acceptors (Lipinski definition) is 9. The molecule has 198 valence electrons. The van der Waals surface area contributed by atoms with Crippen LogP contribution < -0.4 is 15.2 Å². The van der Waals surface area contributed by atoms with E-state index in [9.17, 15) is 27.1 Å². The monoisotopic (exact) mass is 537 g/mol. The number of carbonyl (C=O) groups is 1. The van der Waals surface area contributed by atoms with Crippen molar-refractivity contribution in [1.29, 1.82) is 0 Å². The van der Waals surface area contributed by atoms with Crippen LogP contribution in [0.4, 0.5) is 14.5 Å².